The maximum absolute atomic E-state index is 6.11. The lowest BCUT2D eigenvalue weighted by Gasteiger charge is -2.32. The first-order valence-electron chi connectivity index (χ1n) is 6.01. The minimum atomic E-state index is 0.884. The van der Waals surface area contributed by atoms with Gasteiger partial charge in [-0.25, -0.2) is 0 Å². The molecule has 3 nitrogen and oxygen atoms in total. The summed E-state index contributed by atoms with van der Waals surface area (Å²) in [6.45, 7) is 7.61. The summed E-state index contributed by atoms with van der Waals surface area (Å²) < 4.78 is 1.02. The van der Waals surface area contributed by atoms with Crippen molar-refractivity contribution < 1.29 is 0 Å². The number of hydrogen-bond donors (Lipinski definition) is 1. The molecule has 1 aliphatic rings. The quantitative estimate of drug-likeness (QED) is 0.849. The fraction of sp³-hybridized carbons (Fsp3) is 0.538. The van der Waals surface area contributed by atoms with Crippen LogP contribution >= 0.6 is 15.9 Å². The van der Waals surface area contributed by atoms with Gasteiger partial charge in [-0.2, -0.15) is 0 Å². The SMILES string of the molecule is Cc1cc(Br)c(N)c(CN2CCN(C)CC2)c1. The number of hydrogen-bond acceptors (Lipinski definition) is 3. The number of likely N-dealkylation sites (N-methyl/N-ethyl adjacent to an activating group) is 1. The molecule has 0 spiro atoms. The van der Waals surface area contributed by atoms with Crippen LogP contribution in [0, 0.1) is 6.92 Å². The molecule has 1 saturated heterocycles. The van der Waals surface area contributed by atoms with Crippen LogP contribution in [0.4, 0.5) is 5.69 Å². The van der Waals surface area contributed by atoms with Crippen LogP contribution in [0.15, 0.2) is 16.6 Å². The number of rotatable bonds is 2. The van der Waals surface area contributed by atoms with Gasteiger partial charge in [0.15, 0.2) is 0 Å². The maximum Gasteiger partial charge on any atom is 0.0504 e. The van der Waals surface area contributed by atoms with Gasteiger partial charge in [0.2, 0.25) is 0 Å². The molecule has 0 atom stereocenters. The topological polar surface area (TPSA) is 32.5 Å². The highest BCUT2D eigenvalue weighted by atomic mass is 79.9. The van der Waals surface area contributed by atoms with Crippen LogP contribution in [0.25, 0.3) is 0 Å². The van der Waals surface area contributed by atoms with Crippen LogP contribution in [0.3, 0.4) is 0 Å². The molecule has 0 amide bonds. The summed E-state index contributed by atoms with van der Waals surface area (Å²) in [5.74, 6) is 0. The number of aryl methyl sites for hydroxylation is 1. The van der Waals surface area contributed by atoms with E-state index in [1.54, 1.807) is 0 Å². The van der Waals surface area contributed by atoms with Gasteiger partial charge in [-0.15, -0.1) is 0 Å². The van der Waals surface area contributed by atoms with Crippen LogP contribution in [0.1, 0.15) is 11.1 Å². The second-order valence-corrected chi connectivity index (χ2v) is 5.75. The molecule has 0 unspecified atom stereocenters. The van der Waals surface area contributed by atoms with E-state index in [0.717, 1.165) is 42.9 Å². The number of halogens is 1. The van der Waals surface area contributed by atoms with E-state index in [1.165, 1.54) is 11.1 Å². The fourth-order valence-electron chi connectivity index (χ4n) is 2.20. The van der Waals surface area contributed by atoms with Gasteiger partial charge in [-0.05, 0) is 47.1 Å². The Morgan fingerprint density at radius 1 is 1.24 bits per heavy atom. The molecule has 0 saturated carbocycles. The Kier molecular flexibility index (Phi) is 4.07. The van der Waals surface area contributed by atoms with Crippen LogP contribution in [0.5, 0.6) is 0 Å². The molecule has 1 aromatic rings. The molecule has 0 aromatic heterocycles. The molecular weight excluding hydrogens is 278 g/mol. The van der Waals surface area contributed by atoms with Crippen molar-refractivity contribution in [1.82, 2.24) is 9.80 Å². The largest absolute Gasteiger partial charge is 0.398 e. The lowest BCUT2D eigenvalue weighted by atomic mass is 10.1. The van der Waals surface area contributed by atoms with Gasteiger partial charge in [-0.1, -0.05) is 6.07 Å². The molecule has 0 bridgehead atoms. The summed E-state index contributed by atoms with van der Waals surface area (Å²) in [4.78, 5) is 4.84. The molecule has 1 fully saturated rings. The van der Waals surface area contributed by atoms with Gasteiger partial charge in [0, 0.05) is 37.2 Å². The standard InChI is InChI=1S/C13H20BrN3/c1-10-7-11(13(15)12(14)8-10)9-17-5-3-16(2)4-6-17/h7-8H,3-6,9,15H2,1-2H3. The molecule has 0 aliphatic carbocycles. The van der Waals surface area contributed by atoms with E-state index in [0.29, 0.717) is 0 Å². The smallest absolute Gasteiger partial charge is 0.0504 e. The Bertz CT molecular complexity index is 398. The van der Waals surface area contributed by atoms with Gasteiger partial charge in [-0.3, -0.25) is 4.90 Å². The fourth-order valence-corrected chi connectivity index (χ4v) is 2.82. The van der Waals surface area contributed by atoms with E-state index in [4.69, 9.17) is 5.73 Å². The second kappa shape index (κ2) is 5.38. The van der Waals surface area contributed by atoms with E-state index in [9.17, 15) is 0 Å². The van der Waals surface area contributed by atoms with Crippen LogP contribution in [-0.4, -0.2) is 43.0 Å². The predicted octanol–water partition coefficient (Wildman–Crippen LogP) is 2.09. The summed E-state index contributed by atoms with van der Waals surface area (Å²) in [6, 6.07) is 4.27. The van der Waals surface area contributed by atoms with E-state index in [-0.39, 0.29) is 0 Å². The summed E-state index contributed by atoms with van der Waals surface area (Å²) >= 11 is 3.52. The van der Waals surface area contributed by atoms with Crippen molar-refractivity contribution in [3.63, 3.8) is 0 Å². The van der Waals surface area contributed by atoms with E-state index >= 15 is 0 Å². The lowest BCUT2D eigenvalue weighted by Crippen LogP contribution is -2.43. The van der Waals surface area contributed by atoms with Gasteiger partial charge in [0.05, 0.1) is 5.69 Å². The van der Waals surface area contributed by atoms with Gasteiger partial charge < -0.3 is 10.6 Å². The number of nitrogens with zero attached hydrogens (tertiary/aromatic N) is 2. The number of benzene rings is 1. The van der Waals surface area contributed by atoms with Gasteiger partial charge in [0.25, 0.3) is 0 Å². The first kappa shape index (κ1) is 12.9. The highest BCUT2D eigenvalue weighted by Crippen LogP contribution is 2.26. The number of piperazine rings is 1. The van der Waals surface area contributed by atoms with E-state index in [1.807, 2.05) is 0 Å². The van der Waals surface area contributed by atoms with E-state index < -0.39 is 0 Å². The Labute approximate surface area is 112 Å². The monoisotopic (exact) mass is 297 g/mol. The second-order valence-electron chi connectivity index (χ2n) is 4.90. The van der Waals surface area contributed by atoms with Gasteiger partial charge >= 0.3 is 0 Å². The van der Waals surface area contributed by atoms with Crippen molar-refractivity contribution in [1.29, 1.82) is 0 Å². The number of anilines is 1. The lowest BCUT2D eigenvalue weighted by molar-refractivity contribution is 0.148. The Morgan fingerprint density at radius 3 is 2.53 bits per heavy atom. The predicted molar refractivity (Wildman–Crippen MR) is 76.1 cm³/mol. The zero-order chi connectivity index (χ0) is 12.4. The van der Waals surface area contributed by atoms with E-state index in [2.05, 4.69) is 51.8 Å². The molecule has 0 radical (unpaired) electrons. The van der Waals surface area contributed by atoms with Crippen LogP contribution in [-0.2, 0) is 6.54 Å². The molecular formula is C13H20BrN3. The maximum atomic E-state index is 6.11. The molecule has 1 aromatic carbocycles. The first-order chi connectivity index (χ1) is 8.06. The van der Waals surface area contributed by atoms with Crippen molar-refractivity contribution in [2.75, 3.05) is 39.0 Å². The number of nitrogens with two attached hydrogens (primary N) is 1. The molecule has 2 N–H and O–H groups in total. The van der Waals surface area contributed by atoms with Crippen molar-refractivity contribution in [3.05, 3.63) is 27.7 Å². The normalized spacial score (nSPS) is 18.5. The van der Waals surface area contributed by atoms with Crippen LogP contribution in [0.2, 0.25) is 0 Å². The third-order valence-corrected chi connectivity index (χ3v) is 4.01. The number of nitrogen functional groups attached to an aromatic ring is 1. The third kappa shape index (κ3) is 3.21. The molecule has 1 heterocycles. The minimum Gasteiger partial charge on any atom is -0.398 e. The molecule has 2 rings (SSSR count). The average molecular weight is 298 g/mol. The van der Waals surface area contributed by atoms with Crippen LogP contribution < -0.4 is 5.73 Å². The Hall–Kier alpha value is -0.580. The summed E-state index contributed by atoms with van der Waals surface area (Å²) in [5, 5.41) is 0. The van der Waals surface area contributed by atoms with Crippen molar-refractivity contribution >= 4 is 21.6 Å². The van der Waals surface area contributed by atoms with Crippen molar-refractivity contribution in [3.8, 4) is 0 Å². The summed E-state index contributed by atoms with van der Waals surface area (Å²) in [7, 11) is 2.18. The molecule has 4 heteroatoms. The Balaban J connectivity index is 2.08. The Morgan fingerprint density at radius 2 is 1.88 bits per heavy atom. The third-order valence-electron chi connectivity index (χ3n) is 3.35. The molecule has 94 valence electrons. The first-order valence-corrected chi connectivity index (χ1v) is 6.81. The summed E-state index contributed by atoms with van der Waals surface area (Å²) in [5.41, 5.74) is 9.49. The molecule has 1 aliphatic heterocycles. The summed E-state index contributed by atoms with van der Waals surface area (Å²) in [6.07, 6.45) is 0. The zero-order valence-corrected chi connectivity index (χ0v) is 12.1. The highest BCUT2D eigenvalue weighted by Gasteiger charge is 2.15. The van der Waals surface area contributed by atoms with Crippen molar-refractivity contribution in [2.24, 2.45) is 0 Å². The highest BCUT2D eigenvalue weighted by molar-refractivity contribution is 9.10. The van der Waals surface area contributed by atoms with Gasteiger partial charge in [0.1, 0.15) is 0 Å². The average Bonchev–Trinajstić information content (AvgIpc) is 2.28. The van der Waals surface area contributed by atoms with Crippen molar-refractivity contribution in [2.45, 2.75) is 13.5 Å². The molecule has 17 heavy (non-hydrogen) atoms. The minimum absolute atomic E-state index is 0.884. The zero-order valence-electron chi connectivity index (χ0n) is 10.5.